The summed E-state index contributed by atoms with van der Waals surface area (Å²) in [5, 5.41) is 0. The SMILES string of the molecule is CCN(CC)S(=O)(=O)c1ccc(N2CCCC2)c(C(=O)N2CCN(CC3CC3)CC2)c1. The number of carbonyl (C=O) groups excluding carboxylic acids is 1. The molecule has 1 aromatic carbocycles. The van der Waals surface area contributed by atoms with E-state index in [1.165, 1.54) is 17.1 Å². The van der Waals surface area contributed by atoms with Crippen LogP contribution in [-0.4, -0.2) is 87.3 Å². The minimum atomic E-state index is -3.61. The molecule has 1 aromatic rings. The molecule has 2 aliphatic heterocycles. The molecule has 0 unspecified atom stereocenters. The second-order valence-electron chi connectivity index (χ2n) is 9.00. The van der Waals surface area contributed by atoms with E-state index >= 15 is 0 Å². The quantitative estimate of drug-likeness (QED) is 0.611. The van der Waals surface area contributed by atoms with Gasteiger partial charge >= 0.3 is 0 Å². The van der Waals surface area contributed by atoms with Crippen molar-refractivity contribution in [2.24, 2.45) is 5.92 Å². The Labute approximate surface area is 187 Å². The molecular formula is C23H36N4O3S. The number of rotatable bonds is 8. The standard InChI is InChI=1S/C23H36N4O3S/c1-3-27(4-2)31(29,30)20-9-10-22(25-11-5-6-12-25)21(17-20)23(28)26-15-13-24(14-16-26)18-19-7-8-19/h9-10,17,19H,3-8,11-16,18H2,1-2H3. The van der Waals surface area contributed by atoms with Crippen LogP contribution in [0, 0.1) is 5.92 Å². The number of anilines is 1. The average Bonchev–Trinajstić information content (AvgIpc) is 3.42. The van der Waals surface area contributed by atoms with Gasteiger partial charge in [0.15, 0.2) is 0 Å². The van der Waals surface area contributed by atoms with Gasteiger partial charge in [0.1, 0.15) is 0 Å². The van der Waals surface area contributed by atoms with Crippen molar-refractivity contribution in [1.29, 1.82) is 0 Å². The normalized spacial score (nSPS) is 20.6. The zero-order chi connectivity index (χ0) is 22.0. The third-order valence-electron chi connectivity index (χ3n) is 6.86. The predicted molar refractivity (Wildman–Crippen MR) is 123 cm³/mol. The summed E-state index contributed by atoms with van der Waals surface area (Å²) in [7, 11) is -3.61. The van der Waals surface area contributed by atoms with Gasteiger partial charge in [-0.15, -0.1) is 0 Å². The van der Waals surface area contributed by atoms with E-state index in [9.17, 15) is 13.2 Å². The zero-order valence-electron chi connectivity index (χ0n) is 18.9. The number of hydrogen-bond acceptors (Lipinski definition) is 5. The Morgan fingerprint density at radius 3 is 2.23 bits per heavy atom. The fourth-order valence-corrected chi connectivity index (χ4v) is 6.25. The number of amides is 1. The summed E-state index contributed by atoms with van der Waals surface area (Å²) in [6.07, 6.45) is 4.89. The highest BCUT2D eigenvalue weighted by atomic mass is 32.2. The molecule has 2 heterocycles. The lowest BCUT2D eigenvalue weighted by atomic mass is 10.1. The van der Waals surface area contributed by atoms with Crippen LogP contribution < -0.4 is 4.90 Å². The third-order valence-corrected chi connectivity index (χ3v) is 8.91. The average molecular weight is 449 g/mol. The topological polar surface area (TPSA) is 64.2 Å². The van der Waals surface area contributed by atoms with E-state index in [2.05, 4.69) is 9.80 Å². The van der Waals surface area contributed by atoms with E-state index in [1.807, 2.05) is 24.8 Å². The lowest BCUT2D eigenvalue weighted by Gasteiger charge is -2.35. The third kappa shape index (κ3) is 4.91. The van der Waals surface area contributed by atoms with Crippen molar-refractivity contribution < 1.29 is 13.2 Å². The molecule has 4 rings (SSSR count). The fourth-order valence-electron chi connectivity index (χ4n) is 4.76. The van der Waals surface area contributed by atoms with E-state index < -0.39 is 10.0 Å². The van der Waals surface area contributed by atoms with Crippen LogP contribution in [0.1, 0.15) is 49.9 Å². The van der Waals surface area contributed by atoms with Crippen molar-refractivity contribution in [3.8, 4) is 0 Å². The monoisotopic (exact) mass is 448 g/mol. The van der Waals surface area contributed by atoms with Gasteiger partial charge in [-0.25, -0.2) is 8.42 Å². The fraction of sp³-hybridized carbons (Fsp3) is 0.696. The molecule has 172 valence electrons. The first-order valence-electron chi connectivity index (χ1n) is 11.8. The lowest BCUT2D eigenvalue weighted by molar-refractivity contribution is 0.0632. The number of hydrogen-bond donors (Lipinski definition) is 0. The highest BCUT2D eigenvalue weighted by Gasteiger charge is 2.31. The van der Waals surface area contributed by atoms with E-state index in [0.717, 1.165) is 57.2 Å². The Balaban J connectivity index is 1.59. The Hall–Kier alpha value is -1.64. The van der Waals surface area contributed by atoms with Crippen LogP contribution in [0.3, 0.4) is 0 Å². The lowest BCUT2D eigenvalue weighted by Crippen LogP contribution is -2.49. The predicted octanol–water partition coefficient (Wildman–Crippen LogP) is 2.49. The number of benzene rings is 1. The van der Waals surface area contributed by atoms with Crippen molar-refractivity contribution in [3.05, 3.63) is 23.8 Å². The first-order chi connectivity index (χ1) is 14.9. The van der Waals surface area contributed by atoms with Gasteiger partial charge in [0.05, 0.1) is 10.5 Å². The van der Waals surface area contributed by atoms with Gasteiger partial charge in [-0.1, -0.05) is 13.8 Å². The molecule has 0 bridgehead atoms. The highest BCUT2D eigenvalue weighted by Crippen LogP contribution is 2.31. The molecule has 0 aromatic heterocycles. The molecule has 0 N–H and O–H groups in total. The van der Waals surface area contributed by atoms with E-state index in [0.29, 0.717) is 31.7 Å². The molecule has 3 fully saturated rings. The number of piperazine rings is 1. The summed E-state index contributed by atoms with van der Waals surface area (Å²) >= 11 is 0. The van der Waals surface area contributed by atoms with Crippen LogP contribution >= 0.6 is 0 Å². The molecule has 31 heavy (non-hydrogen) atoms. The van der Waals surface area contributed by atoms with Gasteiger partial charge in [0, 0.05) is 64.6 Å². The molecule has 1 amide bonds. The largest absolute Gasteiger partial charge is 0.371 e. The van der Waals surface area contributed by atoms with E-state index in [4.69, 9.17) is 0 Å². The molecular weight excluding hydrogens is 412 g/mol. The second kappa shape index (κ2) is 9.46. The molecule has 0 radical (unpaired) electrons. The molecule has 7 nitrogen and oxygen atoms in total. The Morgan fingerprint density at radius 1 is 1.00 bits per heavy atom. The molecule has 8 heteroatoms. The van der Waals surface area contributed by atoms with Crippen LogP contribution in [0.5, 0.6) is 0 Å². The Morgan fingerprint density at radius 2 is 1.65 bits per heavy atom. The maximum absolute atomic E-state index is 13.6. The van der Waals surface area contributed by atoms with Crippen LogP contribution in [-0.2, 0) is 10.0 Å². The van der Waals surface area contributed by atoms with Crippen LogP contribution in [0.2, 0.25) is 0 Å². The summed E-state index contributed by atoms with van der Waals surface area (Å²) in [6.45, 7) is 10.7. The van der Waals surface area contributed by atoms with E-state index in [-0.39, 0.29) is 10.8 Å². The first kappa shape index (κ1) is 22.6. The summed E-state index contributed by atoms with van der Waals surface area (Å²) in [6, 6.07) is 5.14. The van der Waals surface area contributed by atoms with E-state index in [1.54, 1.807) is 12.1 Å². The van der Waals surface area contributed by atoms with Gasteiger partial charge in [0.25, 0.3) is 5.91 Å². The van der Waals surface area contributed by atoms with Crippen molar-refractivity contribution >= 4 is 21.6 Å². The van der Waals surface area contributed by atoms with Crippen LogP contribution in [0.4, 0.5) is 5.69 Å². The Bertz CT molecular complexity index is 882. The second-order valence-corrected chi connectivity index (χ2v) is 10.9. The van der Waals surface area contributed by atoms with Gasteiger partial charge in [-0.05, 0) is 49.8 Å². The maximum atomic E-state index is 13.6. The number of sulfonamides is 1. The van der Waals surface area contributed by atoms with Crippen molar-refractivity contribution in [3.63, 3.8) is 0 Å². The smallest absolute Gasteiger partial charge is 0.256 e. The molecule has 3 aliphatic rings. The number of carbonyl (C=O) groups is 1. The van der Waals surface area contributed by atoms with Crippen molar-refractivity contribution in [2.75, 3.05) is 63.8 Å². The van der Waals surface area contributed by atoms with Gasteiger partial charge < -0.3 is 9.80 Å². The molecule has 1 aliphatic carbocycles. The summed E-state index contributed by atoms with van der Waals surface area (Å²) in [4.78, 5) is 20.4. The minimum Gasteiger partial charge on any atom is -0.371 e. The zero-order valence-corrected chi connectivity index (χ0v) is 19.7. The minimum absolute atomic E-state index is 0.0374. The van der Waals surface area contributed by atoms with Gasteiger partial charge in [-0.3, -0.25) is 9.69 Å². The molecule has 0 atom stereocenters. The summed E-state index contributed by atoms with van der Waals surface area (Å²) in [5.41, 5.74) is 1.41. The van der Waals surface area contributed by atoms with Gasteiger partial charge in [0.2, 0.25) is 10.0 Å². The summed E-state index contributed by atoms with van der Waals surface area (Å²) < 4.78 is 27.7. The maximum Gasteiger partial charge on any atom is 0.256 e. The summed E-state index contributed by atoms with van der Waals surface area (Å²) in [5.74, 6) is 0.815. The Kier molecular flexibility index (Phi) is 6.89. The van der Waals surface area contributed by atoms with Gasteiger partial charge in [-0.2, -0.15) is 4.31 Å². The van der Waals surface area contributed by atoms with Crippen molar-refractivity contribution in [1.82, 2.24) is 14.1 Å². The van der Waals surface area contributed by atoms with Crippen LogP contribution in [0.25, 0.3) is 0 Å². The molecule has 0 spiro atoms. The molecule has 2 saturated heterocycles. The highest BCUT2D eigenvalue weighted by molar-refractivity contribution is 7.89. The molecule has 1 saturated carbocycles. The van der Waals surface area contributed by atoms with Crippen LogP contribution in [0.15, 0.2) is 23.1 Å². The first-order valence-corrected chi connectivity index (χ1v) is 13.3. The van der Waals surface area contributed by atoms with Crippen molar-refractivity contribution in [2.45, 2.75) is 44.4 Å². The number of nitrogens with zero attached hydrogens (tertiary/aromatic N) is 4.